The largest absolute Gasteiger partial charge is 0.305 e. The summed E-state index contributed by atoms with van der Waals surface area (Å²) >= 11 is 7.87. The van der Waals surface area contributed by atoms with E-state index in [1.165, 1.54) is 0 Å². The summed E-state index contributed by atoms with van der Waals surface area (Å²) < 4.78 is 0. The first-order valence-electron chi connectivity index (χ1n) is 5.62. The number of hydrogen-bond acceptors (Lipinski definition) is 3. The fourth-order valence-electron chi connectivity index (χ4n) is 1.77. The molecule has 2 heterocycles. The van der Waals surface area contributed by atoms with Crippen LogP contribution >= 0.6 is 22.9 Å². The molecule has 0 radical (unpaired) electrons. The van der Waals surface area contributed by atoms with Crippen molar-refractivity contribution in [2.75, 3.05) is 6.54 Å². The first-order valence-corrected chi connectivity index (χ1v) is 6.88. The van der Waals surface area contributed by atoms with Gasteiger partial charge in [0.2, 0.25) is 0 Å². The van der Waals surface area contributed by atoms with Crippen LogP contribution in [0.5, 0.6) is 0 Å². The van der Waals surface area contributed by atoms with Crippen molar-refractivity contribution in [1.29, 1.82) is 0 Å². The third-order valence-electron chi connectivity index (χ3n) is 2.52. The first-order chi connectivity index (χ1) is 8.22. The molecule has 0 aromatic carbocycles. The number of aryl methyl sites for hydroxylation is 1. The van der Waals surface area contributed by atoms with E-state index in [4.69, 9.17) is 11.6 Å². The monoisotopic (exact) mass is 266 g/mol. The van der Waals surface area contributed by atoms with Crippen LogP contribution in [-0.4, -0.2) is 11.5 Å². The van der Waals surface area contributed by atoms with E-state index in [0.717, 1.165) is 27.8 Å². The lowest BCUT2D eigenvalue weighted by Gasteiger charge is -2.17. The molecule has 0 saturated heterocycles. The molecule has 0 bridgehead atoms. The predicted molar refractivity (Wildman–Crippen MR) is 73.8 cm³/mol. The molecule has 2 aromatic rings. The minimum atomic E-state index is 0.0902. The van der Waals surface area contributed by atoms with Crippen LogP contribution in [0, 0.1) is 6.92 Å². The number of thiophene rings is 1. The Kier molecular flexibility index (Phi) is 4.15. The quantitative estimate of drug-likeness (QED) is 0.910. The second-order valence-corrected chi connectivity index (χ2v) is 5.18. The predicted octanol–water partition coefficient (Wildman–Crippen LogP) is 3.80. The summed E-state index contributed by atoms with van der Waals surface area (Å²) in [5, 5.41) is 6.25. The highest BCUT2D eigenvalue weighted by Gasteiger charge is 2.18. The minimum absolute atomic E-state index is 0.0902. The summed E-state index contributed by atoms with van der Waals surface area (Å²) in [6.07, 6.45) is 0. The molecule has 0 aliphatic heterocycles. The van der Waals surface area contributed by atoms with E-state index in [1.807, 2.05) is 36.6 Å². The molecule has 0 fully saturated rings. The van der Waals surface area contributed by atoms with Crippen molar-refractivity contribution >= 4 is 22.9 Å². The maximum atomic E-state index is 6.20. The number of hydrogen-bond donors (Lipinski definition) is 1. The van der Waals surface area contributed by atoms with Gasteiger partial charge in [-0.2, -0.15) is 0 Å². The molecule has 0 aliphatic rings. The standard InChI is InChI=1S/C13H15ClN2S/c1-3-15-12(13-10(14)7-8-17-13)11-6-4-5-9(2)16-11/h4-8,12,15H,3H2,1-2H3. The summed E-state index contributed by atoms with van der Waals surface area (Å²) in [5.74, 6) is 0. The van der Waals surface area contributed by atoms with Gasteiger partial charge in [0.1, 0.15) is 0 Å². The Bertz CT molecular complexity index is 496. The van der Waals surface area contributed by atoms with Gasteiger partial charge >= 0.3 is 0 Å². The van der Waals surface area contributed by atoms with Gasteiger partial charge < -0.3 is 5.32 Å². The van der Waals surface area contributed by atoms with Gasteiger partial charge in [0.15, 0.2) is 0 Å². The van der Waals surface area contributed by atoms with E-state index in [0.29, 0.717) is 0 Å². The fourth-order valence-corrected chi connectivity index (χ4v) is 3.02. The van der Waals surface area contributed by atoms with Gasteiger partial charge in [0.25, 0.3) is 0 Å². The molecule has 0 spiro atoms. The third kappa shape index (κ3) is 2.86. The molecule has 90 valence electrons. The molecular formula is C13H15ClN2S. The molecule has 2 aromatic heterocycles. The molecule has 0 aliphatic carbocycles. The van der Waals surface area contributed by atoms with Crippen molar-refractivity contribution in [3.63, 3.8) is 0 Å². The Morgan fingerprint density at radius 1 is 1.41 bits per heavy atom. The number of aromatic nitrogens is 1. The Balaban J connectivity index is 2.39. The second kappa shape index (κ2) is 5.63. The number of rotatable bonds is 4. The van der Waals surface area contributed by atoms with Crippen LogP contribution < -0.4 is 5.32 Å². The maximum Gasteiger partial charge on any atom is 0.0860 e. The summed E-state index contributed by atoms with van der Waals surface area (Å²) in [5.41, 5.74) is 2.05. The summed E-state index contributed by atoms with van der Waals surface area (Å²) in [7, 11) is 0. The first kappa shape index (κ1) is 12.6. The van der Waals surface area contributed by atoms with E-state index in [-0.39, 0.29) is 6.04 Å². The van der Waals surface area contributed by atoms with Gasteiger partial charge in [-0.15, -0.1) is 11.3 Å². The lowest BCUT2D eigenvalue weighted by Crippen LogP contribution is -2.22. The molecule has 1 N–H and O–H groups in total. The van der Waals surface area contributed by atoms with E-state index < -0.39 is 0 Å². The van der Waals surface area contributed by atoms with Crippen LogP contribution in [0.15, 0.2) is 29.6 Å². The highest BCUT2D eigenvalue weighted by molar-refractivity contribution is 7.10. The highest BCUT2D eigenvalue weighted by Crippen LogP contribution is 2.32. The van der Waals surface area contributed by atoms with Gasteiger partial charge in [0.05, 0.1) is 16.8 Å². The van der Waals surface area contributed by atoms with Crippen molar-refractivity contribution in [2.24, 2.45) is 0 Å². The Labute approximate surface area is 111 Å². The zero-order valence-electron chi connectivity index (χ0n) is 9.90. The number of nitrogens with one attached hydrogen (secondary N) is 1. The van der Waals surface area contributed by atoms with Crippen molar-refractivity contribution in [1.82, 2.24) is 10.3 Å². The highest BCUT2D eigenvalue weighted by atomic mass is 35.5. The van der Waals surface area contributed by atoms with Crippen LogP contribution in [0.4, 0.5) is 0 Å². The van der Waals surface area contributed by atoms with Crippen LogP contribution in [0.1, 0.15) is 29.2 Å². The van der Waals surface area contributed by atoms with Crippen LogP contribution in [-0.2, 0) is 0 Å². The van der Waals surface area contributed by atoms with Crippen molar-refractivity contribution in [3.05, 3.63) is 50.9 Å². The molecule has 0 saturated carbocycles. The second-order valence-electron chi connectivity index (χ2n) is 3.83. The third-order valence-corrected chi connectivity index (χ3v) is 3.94. The summed E-state index contributed by atoms with van der Waals surface area (Å²) in [4.78, 5) is 5.71. The van der Waals surface area contributed by atoms with E-state index >= 15 is 0 Å². The molecule has 1 atom stereocenters. The molecule has 2 rings (SSSR count). The van der Waals surface area contributed by atoms with Crippen molar-refractivity contribution in [3.8, 4) is 0 Å². The van der Waals surface area contributed by atoms with Gasteiger partial charge in [-0.1, -0.05) is 24.6 Å². The zero-order chi connectivity index (χ0) is 12.3. The summed E-state index contributed by atoms with van der Waals surface area (Å²) in [6.45, 7) is 4.97. The average Bonchev–Trinajstić information content (AvgIpc) is 2.72. The van der Waals surface area contributed by atoms with Crippen LogP contribution in [0.2, 0.25) is 5.02 Å². The van der Waals surface area contributed by atoms with Crippen molar-refractivity contribution in [2.45, 2.75) is 19.9 Å². The Morgan fingerprint density at radius 3 is 2.82 bits per heavy atom. The van der Waals surface area contributed by atoms with E-state index in [9.17, 15) is 0 Å². The van der Waals surface area contributed by atoms with Gasteiger partial charge in [0, 0.05) is 10.6 Å². The van der Waals surface area contributed by atoms with Gasteiger partial charge in [-0.25, -0.2) is 0 Å². The molecule has 0 amide bonds. The fraction of sp³-hybridized carbons (Fsp3) is 0.308. The smallest absolute Gasteiger partial charge is 0.0860 e. The number of halogens is 1. The van der Waals surface area contributed by atoms with Crippen molar-refractivity contribution < 1.29 is 0 Å². The minimum Gasteiger partial charge on any atom is -0.305 e. The normalized spacial score (nSPS) is 12.6. The average molecular weight is 267 g/mol. The summed E-state index contributed by atoms with van der Waals surface area (Å²) in [6, 6.07) is 8.09. The molecule has 4 heteroatoms. The number of nitrogens with zero attached hydrogens (tertiary/aromatic N) is 1. The lowest BCUT2D eigenvalue weighted by molar-refractivity contribution is 0.623. The SMILES string of the molecule is CCNC(c1cccc(C)n1)c1sccc1Cl. The molecular weight excluding hydrogens is 252 g/mol. The zero-order valence-corrected chi connectivity index (χ0v) is 11.5. The molecule has 1 unspecified atom stereocenters. The topological polar surface area (TPSA) is 24.9 Å². The maximum absolute atomic E-state index is 6.20. The van der Waals surface area contributed by atoms with E-state index in [1.54, 1.807) is 11.3 Å². The Morgan fingerprint density at radius 2 is 2.24 bits per heavy atom. The number of pyridine rings is 1. The van der Waals surface area contributed by atoms with Crippen LogP contribution in [0.25, 0.3) is 0 Å². The Hall–Kier alpha value is -0.900. The van der Waals surface area contributed by atoms with Gasteiger partial charge in [-0.3, -0.25) is 4.98 Å². The molecule has 2 nitrogen and oxygen atoms in total. The van der Waals surface area contributed by atoms with Crippen LogP contribution in [0.3, 0.4) is 0 Å². The van der Waals surface area contributed by atoms with E-state index in [2.05, 4.69) is 17.2 Å². The molecule has 17 heavy (non-hydrogen) atoms. The van der Waals surface area contributed by atoms with Gasteiger partial charge in [-0.05, 0) is 37.0 Å². The lowest BCUT2D eigenvalue weighted by atomic mass is 10.1.